The summed E-state index contributed by atoms with van der Waals surface area (Å²) in [5.41, 5.74) is 2.30. The van der Waals surface area contributed by atoms with Crippen LogP contribution in [0.4, 0.5) is 0 Å². The third-order valence-electron chi connectivity index (χ3n) is 4.82. The Kier molecular flexibility index (Phi) is 3.98. The summed E-state index contributed by atoms with van der Waals surface area (Å²) in [4.78, 5) is 28.9. The SMILES string of the molecule is Cc1cc(-c2cc(C(=O)NC(C(=O)O)C3CC3)c3c(C)noc3n2)c(C)o1. The van der Waals surface area contributed by atoms with Crippen LogP contribution >= 0.6 is 0 Å². The quantitative estimate of drug-likeness (QED) is 0.709. The predicted molar refractivity (Wildman–Crippen MR) is 95.3 cm³/mol. The maximum Gasteiger partial charge on any atom is 0.326 e. The first-order valence-corrected chi connectivity index (χ1v) is 8.73. The van der Waals surface area contributed by atoms with Crippen molar-refractivity contribution in [3.63, 3.8) is 0 Å². The summed E-state index contributed by atoms with van der Waals surface area (Å²) in [6.07, 6.45) is 1.60. The van der Waals surface area contributed by atoms with Crippen LogP contribution in [0, 0.1) is 26.7 Å². The standard InChI is InChI=1S/C19H19N3O5/c1-8-6-12(10(3)26-8)14-7-13(15-9(2)22-27-18(15)20-14)17(23)21-16(19(24)25)11-4-5-11/h6-7,11,16H,4-5H2,1-3H3,(H,21,23)(H,24,25). The number of carboxylic acid groups (broad SMARTS) is 1. The molecule has 27 heavy (non-hydrogen) atoms. The predicted octanol–water partition coefficient (Wildman–Crippen LogP) is 3.00. The van der Waals surface area contributed by atoms with Crippen LogP contribution in [0.3, 0.4) is 0 Å². The lowest BCUT2D eigenvalue weighted by molar-refractivity contribution is -0.139. The van der Waals surface area contributed by atoms with Gasteiger partial charge in [0, 0.05) is 5.56 Å². The highest BCUT2D eigenvalue weighted by molar-refractivity contribution is 6.08. The monoisotopic (exact) mass is 369 g/mol. The number of rotatable bonds is 5. The Morgan fingerprint density at radius 1 is 1.26 bits per heavy atom. The molecule has 0 saturated heterocycles. The molecule has 140 valence electrons. The van der Waals surface area contributed by atoms with Gasteiger partial charge in [-0.1, -0.05) is 5.16 Å². The van der Waals surface area contributed by atoms with Crippen LogP contribution in [-0.2, 0) is 4.79 Å². The fourth-order valence-corrected chi connectivity index (χ4v) is 3.33. The van der Waals surface area contributed by atoms with Gasteiger partial charge in [0.2, 0.25) is 0 Å². The number of furan rings is 1. The Bertz CT molecular complexity index is 1060. The number of nitrogens with zero attached hydrogens (tertiary/aromatic N) is 2. The highest BCUT2D eigenvalue weighted by atomic mass is 16.5. The van der Waals surface area contributed by atoms with Crippen LogP contribution < -0.4 is 5.32 Å². The van der Waals surface area contributed by atoms with Crippen molar-refractivity contribution >= 4 is 23.0 Å². The Morgan fingerprint density at radius 2 is 2.00 bits per heavy atom. The first-order valence-electron chi connectivity index (χ1n) is 8.73. The Morgan fingerprint density at radius 3 is 2.59 bits per heavy atom. The maximum absolute atomic E-state index is 12.9. The minimum atomic E-state index is -1.03. The fraction of sp³-hybridized carbons (Fsp3) is 0.368. The molecule has 4 rings (SSSR count). The molecule has 1 saturated carbocycles. The number of nitrogens with one attached hydrogen (secondary N) is 1. The topological polar surface area (TPSA) is 118 Å². The molecule has 1 amide bonds. The average Bonchev–Trinajstić information content (AvgIpc) is 3.30. The molecule has 3 heterocycles. The summed E-state index contributed by atoms with van der Waals surface area (Å²) >= 11 is 0. The third-order valence-corrected chi connectivity index (χ3v) is 4.82. The highest BCUT2D eigenvalue weighted by Gasteiger charge is 2.38. The Balaban J connectivity index is 1.80. The largest absolute Gasteiger partial charge is 0.480 e. The van der Waals surface area contributed by atoms with Gasteiger partial charge in [-0.15, -0.1) is 0 Å². The van der Waals surface area contributed by atoms with Gasteiger partial charge in [0.25, 0.3) is 11.6 Å². The number of aryl methyl sites for hydroxylation is 3. The molecule has 8 nitrogen and oxygen atoms in total. The smallest absolute Gasteiger partial charge is 0.326 e. The van der Waals surface area contributed by atoms with Gasteiger partial charge < -0.3 is 19.4 Å². The molecule has 1 aliphatic carbocycles. The van der Waals surface area contributed by atoms with Gasteiger partial charge in [0.1, 0.15) is 17.6 Å². The average molecular weight is 369 g/mol. The van der Waals surface area contributed by atoms with Crippen molar-refractivity contribution in [2.45, 2.75) is 39.7 Å². The molecule has 0 spiro atoms. The maximum atomic E-state index is 12.9. The van der Waals surface area contributed by atoms with E-state index in [0.717, 1.165) is 24.2 Å². The highest BCUT2D eigenvalue weighted by Crippen LogP contribution is 2.34. The second kappa shape index (κ2) is 6.22. The molecular weight excluding hydrogens is 350 g/mol. The molecule has 1 fully saturated rings. The number of hydrogen-bond acceptors (Lipinski definition) is 6. The number of amides is 1. The van der Waals surface area contributed by atoms with E-state index in [4.69, 9.17) is 8.94 Å². The van der Waals surface area contributed by atoms with Crippen LogP contribution in [0.25, 0.3) is 22.4 Å². The molecule has 3 aromatic heterocycles. The van der Waals surface area contributed by atoms with E-state index in [0.29, 0.717) is 28.1 Å². The van der Waals surface area contributed by atoms with Gasteiger partial charge in [0.05, 0.1) is 22.3 Å². The molecule has 0 bridgehead atoms. The number of aromatic nitrogens is 2. The summed E-state index contributed by atoms with van der Waals surface area (Å²) < 4.78 is 10.8. The van der Waals surface area contributed by atoms with Crippen molar-refractivity contribution in [3.05, 3.63) is 34.9 Å². The molecule has 0 aromatic carbocycles. The normalized spacial score (nSPS) is 15.1. The zero-order chi connectivity index (χ0) is 19.3. The molecule has 3 aromatic rings. The summed E-state index contributed by atoms with van der Waals surface area (Å²) in [6.45, 7) is 5.36. The second-order valence-electron chi connectivity index (χ2n) is 6.96. The lowest BCUT2D eigenvalue weighted by Gasteiger charge is -2.14. The second-order valence-corrected chi connectivity index (χ2v) is 6.96. The minimum Gasteiger partial charge on any atom is -0.480 e. The van der Waals surface area contributed by atoms with Crippen LogP contribution in [0.1, 0.15) is 40.4 Å². The molecule has 2 N–H and O–H groups in total. The van der Waals surface area contributed by atoms with E-state index in [9.17, 15) is 14.7 Å². The van der Waals surface area contributed by atoms with Gasteiger partial charge in [-0.05, 0) is 51.7 Å². The first-order chi connectivity index (χ1) is 12.8. The van der Waals surface area contributed by atoms with E-state index in [1.807, 2.05) is 19.9 Å². The number of fused-ring (bicyclic) bond motifs is 1. The number of aliphatic carboxylic acids is 1. The van der Waals surface area contributed by atoms with Crippen LogP contribution in [0.15, 0.2) is 21.1 Å². The van der Waals surface area contributed by atoms with Crippen molar-refractivity contribution in [1.82, 2.24) is 15.5 Å². The Labute approximate surface area is 154 Å². The zero-order valence-corrected chi connectivity index (χ0v) is 15.2. The van der Waals surface area contributed by atoms with E-state index in [1.54, 1.807) is 13.0 Å². The molecule has 1 aliphatic rings. The van der Waals surface area contributed by atoms with Gasteiger partial charge in [-0.3, -0.25) is 4.79 Å². The van der Waals surface area contributed by atoms with Crippen molar-refractivity contribution in [2.24, 2.45) is 5.92 Å². The molecule has 0 radical (unpaired) electrons. The molecule has 0 aliphatic heterocycles. The van der Waals surface area contributed by atoms with Crippen LogP contribution in [0.5, 0.6) is 0 Å². The van der Waals surface area contributed by atoms with E-state index < -0.39 is 17.9 Å². The third kappa shape index (κ3) is 3.07. The van der Waals surface area contributed by atoms with Gasteiger partial charge in [0.15, 0.2) is 0 Å². The number of carboxylic acids is 1. The van der Waals surface area contributed by atoms with E-state index in [1.165, 1.54) is 0 Å². The Hall–Kier alpha value is -3.16. The minimum absolute atomic E-state index is 0.0226. The first kappa shape index (κ1) is 17.3. The summed E-state index contributed by atoms with van der Waals surface area (Å²) in [7, 11) is 0. The van der Waals surface area contributed by atoms with E-state index in [2.05, 4.69) is 15.5 Å². The van der Waals surface area contributed by atoms with Gasteiger partial charge in [-0.25, -0.2) is 9.78 Å². The lowest BCUT2D eigenvalue weighted by atomic mass is 10.0. The van der Waals surface area contributed by atoms with Crippen molar-refractivity contribution in [3.8, 4) is 11.3 Å². The summed E-state index contributed by atoms with van der Waals surface area (Å²) in [5.74, 6) is -0.135. The molecule has 1 unspecified atom stereocenters. The zero-order valence-electron chi connectivity index (χ0n) is 15.2. The van der Waals surface area contributed by atoms with Gasteiger partial charge >= 0.3 is 5.97 Å². The lowest BCUT2D eigenvalue weighted by Crippen LogP contribution is -2.42. The van der Waals surface area contributed by atoms with Crippen molar-refractivity contribution < 1.29 is 23.6 Å². The summed E-state index contributed by atoms with van der Waals surface area (Å²) in [6, 6.07) is 2.56. The number of carbonyl (C=O) groups is 2. The van der Waals surface area contributed by atoms with Crippen LogP contribution in [-0.4, -0.2) is 33.2 Å². The number of carbonyl (C=O) groups excluding carboxylic acids is 1. The van der Waals surface area contributed by atoms with Crippen LogP contribution in [0.2, 0.25) is 0 Å². The molecular formula is C19H19N3O5. The van der Waals surface area contributed by atoms with Crippen molar-refractivity contribution in [2.75, 3.05) is 0 Å². The van der Waals surface area contributed by atoms with E-state index >= 15 is 0 Å². The fourth-order valence-electron chi connectivity index (χ4n) is 3.33. The molecule has 1 atom stereocenters. The van der Waals surface area contributed by atoms with Gasteiger partial charge in [-0.2, -0.15) is 0 Å². The van der Waals surface area contributed by atoms with E-state index in [-0.39, 0.29) is 11.6 Å². The summed E-state index contributed by atoms with van der Waals surface area (Å²) in [5, 5.41) is 16.4. The number of hydrogen-bond donors (Lipinski definition) is 2. The number of pyridine rings is 1. The molecule has 8 heteroatoms. The van der Waals surface area contributed by atoms with Crippen molar-refractivity contribution in [1.29, 1.82) is 0 Å².